The van der Waals surface area contributed by atoms with Crippen LogP contribution in [0.15, 0.2) is 30.6 Å². The van der Waals surface area contributed by atoms with E-state index in [1.165, 1.54) is 22.8 Å². The SMILES string of the molecule is Cc1ccc(C2(C)CCCC2C)cc1-c1cnc2c(N)nc(C(F)(F)F)cn12. The van der Waals surface area contributed by atoms with Crippen molar-refractivity contribution in [2.24, 2.45) is 5.92 Å². The summed E-state index contributed by atoms with van der Waals surface area (Å²) in [5.41, 5.74) is 8.67. The molecule has 148 valence electrons. The molecule has 4 rings (SSSR count). The molecule has 0 amide bonds. The van der Waals surface area contributed by atoms with Crippen molar-refractivity contribution in [1.82, 2.24) is 14.4 Å². The average molecular weight is 388 g/mol. The molecule has 7 heteroatoms. The van der Waals surface area contributed by atoms with Crippen molar-refractivity contribution in [1.29, 1.82) is 0 Å². The Bertz CT molecular complexity index is 1050. The van der Waals surface area contributed by atoms with E-state index < -0.39 is 11.9 Å². The number of imidazole rings is 1. The van der Waals surface area contributed by atoms with Gasteiger partial charge in [-0.1, -0.05) is 32.4 Å². The number of hydrogen-bond acceptors (Lipinski definition) is 3. The molecule has 4 nitrogen and oxygen atoms in total. The summed E-state index contributed by atoms with van der Waals surface area (Å²) in [5.74, 6) is 0.327. The summed E-state index contributed by atoms with van der Waals surface area (Å²) in [7, 11) is 0. The first-order valence-electron chi connectivity index (χ1n) is 9.43. The van der Waals surface area contributed by atoms with Gasteiger partial charge in [0.2, 0.25) is 0 Å². The fourth-order valence-corrected chi connectivity index (χ4v) is 4.37. The highest BCUT2D eigenvalue weighted by molar-refractivity contribution is 5.72. The fourth-order valence-electron chi connectivity index (χ4n) is 4.37. The predicted octanol–water partition coefficient (Wildman–Crippen LogP) is 5.38. The quantitative estimate of drug-likeness (QED) is 0.641. The Morgan fingerprint density at radius 1 is 1.29 bits per heavy atom. The molecule has 2 heterocycles. The first kappa shape index (κ1) is 18.8. The number of benzene rings is 1. The highest BCUT2D eigenvalue weighted by Gasteiger charge is 2.38. The van der Waals surface area contributed by atoms with Crippen molar-refractivity contribution in [3.05, 3.63) is 47.4 Å². The minimum Gasteiger partial charge on any atom is -0.381 e. The number of nitrogens with two attached hydrogens (primary N) is 1. The first-order valence-corrected chi connectivity index (χ1v) is 9.43. The van der Waals surface area contributed by atoms with E-state index in [9.17, 15) is 13.2 Å². The van der Waals surface area contributed by atoms with Gasteiger partial charge in [0.1, 0.15) is 0 Å². The minimum atomic E-state index is -4.58. The second-order valence-electron chi connectivity index (χ2n) is 8.09. The molecular weight excluding hydrogens is 365 g/mol. The van der Waals surface area contributed by atoms with E-state index in [-0.39, 0.29) is 16.9 Å². The van der Waals surface area contributed by atoms with Gasteiger partial charge in [-0.3, -0.25) is 4.40 Å². The van der Waals surface area contributed by atoms with Gasteiger partial charge in [0.05, 0.1) is 11.9 Å². The number of anilines is 1. The van der Waals surface area contributed by atoms with Gasteiger partial charge in [-0.2, -0.15) is 13.2 Å². The van der Waals surface area contributed by atoms with Gasteiger partial charge in [-0.25, -0.2) is 9.97 Å². The van der Waals surface area contributed by atoms with Crippen LogP contribution in [0.1, 0.15) is 49.9 Å². The maximum atomic E-state index is 13.2. The van der Waals surface area contributed by atoms with Crippen molar-refractivity contribution in [2.45, 2.75) is 51.6 Å². The molecule has 2 unspecified atom stereocenters. The Kier molecular flexibility index (Phi) is 4.17. The van der Waals surface area contributed by atoms with Crippen LogP contribution in [0.25, 0.3) is 16.9 Å². The van der Waals surface area contributed by atoms with Crippen LogP contribution < -0.4 is 5.73 Å². The smallest absolute Gasteiger partial charge is 0.381 e. The van der Waals surface area contributed by atoms with Gasteiger partial charge in [-0.05, 0) is 48.3 Å². The Hall–Kier alpha value is -2.57. The highest BCUT2D eigenvalue weighted by atomic mass is 19.4. The van der Waals surface area contributed by atoms with Crippen molar-refractivity contribution < 1.29 is 13.2 Å². The summed E-state index contributed by atoms with van der Waals surface area (Å²) >= 11 is 0. The lowest BCUT2D eigenvalue weighted by molar-refractivity contribution is -0.141. The molecule has 0 saturated heterocycles. The van der Waals surface area contributed by atoms with Crippen LogP contribution in [0.2, 0.25) is 0 Å². The molecule has 2 atom stereocenters. The van der Waals surface area contributed by atoms with Gasteiger partial charge >= 0.3 is 6.18 Å². The maximum Gasteiger partial charge on any atom is 0.434 e. The largest absolute Gasteiger partial charge is 0.434 e. The zero-order valence-electron chi connectivity index (χ0n) is 16.1. The molecule has 1 aliphatic carbocycles. The lowest BCUT2D eigenvalue weighted by atomic mass is 9.74. The van der Waals surface area contributed by atoms with E-state index in [4.69, 9.17) is 5.73 Å². The number of halogens is 3. The number of aryl methyl sites for hydroxylation is 1. The topological polar surface area (TPSA) is 56.2 Å². The highest BCUT2D eigenvalue weighted by Crippen LogP contribution is 2.46. The van der Waals surface area contributed by atoms with Crippen LogP contribution >= 0.6 is 0 Å². The molecule has 0 spiro atoms. The third-order valence-corrected chi connectivity index (χ3v) is 6.40. The summed E-state index contributed by atoms with van der Waals surface area (Å²) in [4.78, 5) is 7.70. The molecule has 1 aliphatic rings. The second-order valence-corrected chi connectivity index (χ2v) is 8.09. The van der Waals surface area contributed by atoms with E-state index in [1.54, 1.807) is 6.20 Å². The molecule has 28 heavy (non-hydrogen) atoms. The molecule has 0 bridgehead atoms. The number of aromatic nitrogens is 3. The normalized spacial score (nSPS) is 22.9. The first-order chi connectivity index (χ1) is 13.1. The molecule has 1 saturated carbocycles. The van der Waals surface area contributed by atoms with Gasteiger partial charge in [0.25, 0.3) is 0 Å². The maximum absolute atomic E-state index is 13.2. The molecule has 3 aromatic rings. The van der Waals surface area contributed by atoms with Crippen LogP contribution in [-0.4, -0.2) is 14.4 Å². The van der Waals surface area contributed by atoms with Crippen LogP contribution in [-0.2, 0) is 11.6 Å². The van der Waals surface area contributed by atoms with Crippen LogP contribution in [0.3, 0.4) is 0 Å². The molecule has 2 N–H and O–H groups in total. The zero-order chi connectivity index (χ0) is 20.3. The summed E-state index contributed by atoms with van der Waals surface area (Å²) in [6.07, 6.45) is 1.45. The van der Waals surface area contributed by atoms with E-state index in [1.807, 2.05) is 13.0 Å². The molecule has 2 aromatic heterocycles. The zero-order valence-corrected chi connectivity index (χ0v) is 16.1. The Morgan fingerprint density at radius 3 is 2.68 bits per heavy atom. The van der Waals surface area contributed by atoms with E-state index in [0.717, 1.165) is 23.7 Å². The minimum absolute atomic E-state index is 0.0701. The standard InChI is InChI=1S/C21H23F3N4/c1-12-6-7-14(20(3)8-4-5-13(20)2)9-15(12)16-10-26-19-18(25)27-17(11-28(16)19)21(22,23)24/h6-7,9-11,13H,4-5,8H2,1-3H3,(H2,25,27). The van der Waals surface area contributed by atoms with Gasteiger partial charge in [0.15, 0.2) is 17.2 Å². The van der Waals surface area contributed by atoms with E-state index in [2.05, 4.69) is 35.9 Å². The van der Waals surface area contributed by atoms with E-state index in [0.29, 0.717) is 11.6 Å². The number of nitrogens with zero attached hydrogens (tertiary/aromatic N) is 3. The summed E-state index contributed by atoms with van der Waals surface area (Å²) in [6.45, 7) is 6.49. The van der Waals surface area contributed by atoms with Crippen LogP contribution in [0, 0.1) is 12.8 Å². The van der Waals surface area contributed by atoms with E-state index >= 15 is 0 Å². The number of alkyl halides is 3. The summed E-state index contributed by atoms with van der Waals surface area (Å²) < 4.78 is 41.1. The second kappa shape index (κ2) is 6.22. The van der Waals surface area contributed by atoms with Crippen molar-refractivity contribution in [2.75, 3.05) is 5.73 Å². The number of fused-ring (bicyclic) bond motifs is 1. The summed E-state index contributed by atoms with van der Waals surface area (Å²) in [5, 5.41) is 0. The number of nitrogen functional groups attached to an aromatic ring is 1. The number of rotatable bonds is 2. The monoisotopic (exact) mass is 388 g/mol. The third kappa shape index (κ3) is 2.84. The van der Waals surface area contributed by atoms with Gasteiger partial charge in [-0.15, -0.1) is 0 Å². The van der Waals surface area contributed by atoms with Crippen molar-refractivity contribution in [3.8, 4) is 11.3 Å². The third-order valence-electron chi connectivity index (χ3n) is 6.40. The van der Waals surface area contributed by atoms with Gasteiger partial charge in [0, 0.05) is 11.8 Å². The lowest BCUT2D eigenvalue weighted by Crippen LogP contribution is -2.24. The molecule has 0 radical (unpaired) electrons. The molecule has 1 fully saturated rings. The van der Waals surface area contributed by atoms with Crippen LogP contribution in [0.5, 0.6) is 0 Å². The fraction of sp³-hybridized carbons (Fsp3) is 0.429. The summed E-state index contributed by atoms with van der Waals surface area (Å²) in [6, 6.07) is 6.28. The molecule has 0 aliphatic heterocycles. The Labute approximate surface area is 161 Å². The Balaban J connectivity index is 1.91. The lowest BCUT2D eigenvalue weighted by Gasteiger charge is -2.30. The molecule has 1 aromatic carbocycles. The van der Waals surface area contributed by atoms with Crippen LogP contribution in [0.4, 0.5) is 19.0 Å². The van der Waals surface area contributed by atoms with Crippen molar-refractivity contribution in [3.63, 3.8) is 0 Å². The predicted molar refractivity (Wildman–Crippen MR) is 103 cm³/mol. The number of hydrogen-bond donors (Lipinski definition) is 1. The van der Waals surface area contributed by atoms with Gasteiger partial charge < -0.3 is 5.73 Å². The Morgan fingerprint density at radius 2 is 2.04 bits per heavy atom. The average Bonchev–Trinajstić information content (AvgIpc) is 3.19. The molecular formula is C21H23F3N4. The van der Waals surface area contributed by atoms with Crippen molar-refractivity contribution >= 4 is 11.5 Å².